The quantitative estimate of drug-likeness (QED) is 0.665. The lowest BCUT2D eigenvalue weighted by molar-refractivity contribution is 0.0931. The molecule has 0 N–H and O–H groups in total. The average Bonchev–Trinajstić information content (AvgIpc) is 2.16. The van der Waals surface area contributed by atoms with Crippen molar-refractivity contribution in [3.05, 3.63) is 24.0 Å². The summed E-state index contributed by atoms with van der Waals surface area (Å²) in [5, 5.41) is 0. The van der Waals surface area contributed by atoms with Crippen molar-refractivity contribution in [3.8, 4) is 5.75 Å². The molecule has 1 aromatic rings. The predicted molar refractivity (Wildman–Crippen MR) is 50.0 cm³/mol. The molecule has 0 aliphatic heterocycles. The van der Waals surface area contributed by atoms with E-state index in [0.717, 1.165) is 0 Å². The van der Waals surface area contributed by atoms with Gasteiger partial charge in [0.25, 0.3) is 0 Å². The van der Waals surface area contributed by atoms with Gasteiger partial charge in [0.15, 0.2) is 5.78 Å². The summed E-state index contributed by atoms with van der Waals surface area (Å²) in [4.78, 5) is 15.6. The second kappa shape index (κ2) is 4.03. The van der Waals surface area contributed by atoms with Crippen LogP contribution in [0.15, 0.2) is 18.3 Å². The van der Waals surface area contributed by atoms with Crippen molar-refractivity contribution in [2.24, 2.45) is 5.92 Å². The van der Waals surface area contributed by atoms with Crippen LogP contribution in [0.1, 0.15) is 24.3 Å². The number of Topliss-reactive ketones (excluding diaryl/α,β-unsaturated/α-hetero) is 1. The molecule has 3 heteroatoms. The van der Waals surface area contributed by atoms with Crippen LogP contribution in [-0.4, -0.2) is 17.9 Å². The van der Waals surface area contributed by atoms with E-state index in [2.05, 4.69) is 4.98 Å². The Bertz CT molecular complexity index is 308. The lowest BCUT2D eigenvalue weighted by atomic mass is 10.1. The van der Waals surface area contributed by atoms with Gasteiger partial charge >= 0.3 is 0 Å². The van der Waals surface area contributed by atoms with Crippen LogP contribution >= 0.6 is 0 Å². The largest absolute Gasteiger partial charge is 0.494 e. The van der Waals surface area contributed by atoms with Gasteiger partial charge in [-0.05, 0) is 12.1 Å². The van der Waals surface area contributed by atoms with Gasteiger partial charge in [0.05, 0.1) is 7.11 Å². The number of pyridine rings is 1. The number of rotatable bonds is 3. The number of hydrogen-bond acceptors (Lipinski definition) is 3. The first kappa shape index (κ1) is 9.71. The molecule has 0 aromatic carbocycles. The van der Waals surface area contributed by atoms with Crippen LogP contribution in [0.5, 0.6) is 5.75 Å². The number of carbonyl (C=O) groups is 1. The molecule has 0 saturated carbocycles. The zero-order valence-corrected chi connectivity index (χ0v) is 8.07. The third-order valence-corrected chi connectivity index (χ3v) is 1.75. The summed E-state index contributed by atoms with van der Waals surface area (Å²) in [6, 6.07) is 3.48. The van der Waals surface area contributed by atoms with Crippen LogP contribution in [0.3, 0.4) is 0 Å². The van der Waals surface area contributed by atoms with Crippen LogP contribution in [0.4, 0.5) is 0 Å². The first-order chi connectivity index (χ1) is 6.16. The van der Waals surface area contributed by atoms with Gasteiger partial charge < -0.3 is 4.74 Å². The highest BCUT2D eigenvalue weighted by atomic mass is 16.5. The molecule has 0 aliphatic rings. The Kier molecular flexibility index (Phi) is 3.01. The molecule has 0 bridgehead atoms. The third kappa shape index (κ3) is 2.05. The van der Waals surface area contributed by atoms with Gasteiger partial charge in [-0.25, -0.2) is 4.98 Å². The molecule has 1 heterocycles. The SMILES string of the molecule is COc1cccnc1C(=O)C(C)C. The predicted octanol–water partition coefficient (Wildman–Crippen LogP) is 1.93. The van der Waals surface area contributed by atoms with Crippen LogP contribution in [0.25, 0.3) is 0 Å². The van der Waals surface area contributed by atoms with E-state index in [-0.39, 0.29) is 11.7 Å². The number of aromatic nitrogens is 1. The van der Waals surface area contributed by atoms with Crippen molar-refractivity contribution in [2.45, 2.75) is 13.8 Å². The molecule has 70 valence electrons. The molecule has 13 heavy (non-hydrogen) atoms. The molecular weight excluding hydrogens is 166 g/mol. The van der Waals surface area contributed by atoms with Crippen molar-refractivity contribution in [1.29, 1.82) is 0 Å². The minimum atomic E-state index is -0.0520. The summed E-state index contributed by atoms with van der Waals surface area (Å²) >= 11 is 0. The normalized spacial score (nSPS) is 10.2. The van der Waals surface area contributed by atoms with E-state index in [9.17, 15) is 4.79 Å². The first-order valence-electron chi connectivity index (χ1n) is 4.20. The Morgan fingerprint density at radius 3 is 2.77 bits per heavy atom. The van der Waals surface area contributed by atoms with E-state index in [1.807, 2.05) is 13.8 Å². The third-order valence-electron chi connectivity index (χ3n) is 1.75. The maximum Gasteiger partial charge on any atom is 0.187 e. The summed E-state index contributed by atoms with van der Waals surface area (Å²) in [6.07, 6.45) is 1.60. The van der Waals surface area contributed by atoms with Crippen molar-refractivity contribution in [2.75, 3.05) is 7.11 Å². The summed E-state index contributed by atoms with van der Waals surface area (Å²) in [6.45, 7) is 3.69. The van der Waals surface area contributed by atoms with E-state index in [4.69, 9.17) is 4.74 Å². The van der Waals surface area contributed by atoms with Crippen molar-refractivity contribution >= 4 is 5.78 Å². The fourth-order valence-electron chi connectivity index (χ4n) is 1.01. The number of methoxy groups -OCH3 is 1. The monoisotopic (exact) mass is 179 g/mol. The Balaban J connectivity index is 3.06. The molecule has 0 unspecified atom stereocenters. The topological polar surface area (TPSA) is 39.2 Å². The van der Waals surface area contributed by atoms with Gasteiger partial charge in [-0.15, -0.1) is 0 Å². The molecule has 0 atom stereocenters. The molecular formula is C10H13NO2. The highest BCUT2D eigenvalue weighted by molar-refractivity contribution is 5.97. The fourth-order valence-corrected chi connectivity index (χ4v) is 1.01. The Morgan fingerprint density at radius 2 is 2.23 bits per heavy atom. The summed E-state index contributed by atoms with van der Waals surface area (Å²) in [5.41, 5.74) is 0.417. The Morgan fingerprint density at radius 1 is 1.54 bits per heavy atom. The second-order valence-electron chi connectivity index (χ2n) is 3.07. The van der Waals surface area contributed by atoms with Crippen LogP contribution < -0.4 is 4.74 Å². The molecule has 1 rings (SSSR count). The number of ether oxygens (including phenoxy) is 1. The van der Waals surface area contributed by atoms with E-state index >= 15 is 0 Å². The molecule has 0 aliphatic carbocycles. The highest BCUT2D eigenvalue weighted by Gasteiger charge is 2.16. The summed E-state index contributed by atoms with van der Waals surface area (Å²) in [5.74, 6) is 0.502. The number of nitrogens with zero attached hydrogens (tertiary/aromatic N) is 1. The highest BCUT2D eigenvalue weighted by Crippen LogP contribution is 2.17. The van der Waals surface area contributed by atoms with Crippen LogP contribution in [0, 0.1) is 5.92 Å². The molecule has 1 aromatic heterocycles. The van der Waals surface area contributed by atoms with Crippen molar-refractivity contribution in [3.63, 3.8) is 0 Å². The van der Waals surface area contributed by atoms with Gasteiger partial charge in [-0.1, -0.05) is 13.8 Å². The standard InChI is InChI=1S/C10H13NO2/c1-7(2)10(12)9-8(13-3)5-4-6-11-9/h4-7H,1-3H3. The van der Waals surface area contributed by atoms with Gasteiger partial charge in [0, 0.05) is 12.1 Å². The zero-order valence-electron chi connectivity index (χ0n) is 8.07. The molecule has 0 radical (unpaired) electrons. The molecule has 0 spiro atoms. The van der Waals surface area contributed by atoms with E-state index in [0.29, 0.717) is 11.4 Å². The lowest BCUT2D eigenvalue weighted by Crippen LogP contribution is -2.10. The number of hydrogen-bond donors (Lipinski definition) is 0. The van der Waals surface area contributed by atoms with Gasteiger partial charge in [0.2, 0.25) is 0 Å². The zero-order chi connectivity index (χ0) is 9.84. The summed E-state index contributed by atoms with van der Waals surface area (Å²) in [7, 11) is 1.54. The van der Waals surface area contributed by atoms with Gasteiger partial charge in [-0.3, -0.25) is 4.79 Å². The molecule has 0 amide bonds. The number of carbonyl (C=O) groups excluding carboxylic acids is 1. The second-order valence-corrected chi connectivity index (χ2v) is 3.07. The first-order valence-corrected chi connectivity index (χ1v) is 4.20. The lowest BCUT2D eigenvalue weighted by Gasteiger charge is -2.07. The maximum absolute atomic E-state index is 11.6. The molecule has 0 saturated heterocycles. The van der Waals surface area contributed by atoms with E-state index in [1.165, 1.54) is 7.11 Å². The number of ketones is 1. The Labute approximate surface area is 77.8 Å². The van der Waals surface area contributed by atoms with Crippen LogP contribution in [-0.2, 0) is 0 Å². The van der Waals surface area contributed by atoms with Crippen molar-refractivity contribution < 1.29 is 9.53 Å². The summed E-state index contributed by atoms with van der Waals surface area (Å²) < 4.78 is 5.03. The molecule has 3 nitrogen and oxygen atoms in total. The smallest absolute Gasteiger partial charge is 0.187 e. The molecule has 0 fully saturated rings. The van der Waals surface area contributed by atoms with Gasteiger partial charge in [0.1, 0.15) is 11.4 Å². The maximum atomic E-state index is 11.6. The fraction of sp³-hybridized carbons (Fsp3) is 0.400. The van der Waals surface area contributed by atoms with Crippen LogP contribution in [0.2, 0.25) is 0 Å². The van der Waals surface area contributed by atoms with E-state index in [1.54, 1.807) is 18.3 Å². The minimum Gasteiger partial charge on any atom is -0.494 e. The minimum absolute atomic E-state index is 0.0115. The van der Waals surface area contributed by atoms with Crippen molar-refractivity contribution in [1.82, 2.24) is 4.98 Å². The van der Waals surface area contributed by atoms with E-state index < -0.39 is 0 Å². The average molecular weight is 179 g/mol. The Hall–Kier alpha value is -1.38. The van der Waals surface area contributed by atoms with Gasteiger partial charge in [-0.2, -0.15) is 0 Å².